The molecular formula is C19H19N3O6. The number of hydrogen-bond acceptors (Lipinski definition) is 6. The Morgan fingerprint density at radius 1 is 1.11 bits per heavy atom. The molecule has 0 heterocycles. The van der Waals surface area contributed by atoms with Gasteiger partial charge in [-0.05, 0) is 12.1 Å². The molecule has 0 aliphatic rings. The Balaban J connectivity index is 2.29. The van der Waals surface area contributed by atoms with Crippen LogP contribution in [0.25, 0.3) is 0 Å². The van der Waals surface area contributed by atoms with Crippen molar-refractivity contribution >= 4 is 29.2 Å². The van der Waals surface area contributed by atoms with Crippen molar-refractivity contribution in [1.29, 1.82) is 0 Å². The van der Waals surface area contributed by atoms with Crippen molar-refractivity contribution in [3.63, 3.8) is 0 Å². The first-order valence-corrected chi connectivity index (χ1v) is 8.31. The molecule has 0 aliphatic heterocycles. The van der Waals surface area contributed by atoms with Gasteiger partial charge in [0.2, 0.25) is 5.91 Å². The van der Waals surface area contributed by atoms with Crippen LogP contribution in [0.2, 0.25) is 0 Å². The van der Waals surface area contributed by atoms with Crippen LogP contribution in [-0.4, -0.2) is 35.9 Å². The maximum Gasteiger partial charge on any atom is 0.328 e. The van der Waals surface area contributed by atoms with Crippen LogP contribution >= 0.6 is 0 Å². The summed E-state index contributed by atoms with van der Waals surface area (Å²) in [5.41, 5.74) is 0.540. The smallest absolute Gasteiger partial charge is 0.328 e. The lowest BCUT2D eigenvalue weighted by molar-refractivity contribution is -0.385. The van der Waals surface area contributed by atoms with Crippen LogP contribution in [0.3, 0.4) is 0 Å². The number of ether oxygens (including phenoxy) is 1. The molecule has 0 radical (unpaired) electrons. The van der Waals surface area contributed by atoms with Crippen LogP contribution < -0.4 is 10.6 Å². The van der Waals surface area contributed by atoms with Gasteiger partial charge in [0.05, 0.1) is 23.3 Å². The van der Waals surface area contributed by atoms with E-state index in [1.807, 2.05) is 0 Å². The molecule has 9 heteroatoms. The molecule has 0 aliphatic carbocycles. The van der Waals surface area contributed by atoms with Gasteiger partial charge in [0.1, 0.15) is 6.04 Å². The van der Waals surface area contributed by atoms with E-state index in [9.17, 15) is 24.5 Å². The number of nitrogens with one attached hydrogen (secondary N) is 2. The van der Waals surface area contributed by atoms with Crippen LogP contribution in [0.4, 0.5) is 11.4 Å². The summed E-state index contributed by atoms with van der Waals surface area (Å²) >= 11 is 0. The van der Waals surface area contributed by atoms with Crippen molar-refractivity contribution in [3.05, 3.63) is 69.8 Å². The van der Waals surface area contributed by atoms with E-state index in [1.165, 1.54) is 31.2 Å². The molecule has 1 atom stereocenters. The van der Waals surface area contributed by atoms with E-state index in [-0.39, 0.29) is 34.8 Å². The molecule has 0 bridgehead atoms. The summed E-state index contributed by atoms with van der Waals surface area (Å²) in [7, 11) is 1.16. The zero-order valence-corrected chi connectivity index (χ0v) is 15.3. The van der Waals surface area contributed by atoms with Gasteiger partial charge >= 0.3 is 5.97 Å². The summed E-state index contributed by atoms with van der Waals surface area (Å²) in [5, 5.41) is 16.3. The minimum atomic E-state index is -1.15. The number of benzene rings is 2. The van der Waals surface area contributed by atoms with Gasteiger partial charge < -0.3 is 15.4 Å². The molecule has 2 aromatic carbocycles. The zero-order chi connectivity index (χ0) is 20.7. The number of carbonyl (C=O) groups excluding carboxylic acids is 3. The maximum absolute atomic E-state index is 12.7. The molecular weight excluding hydrogens is 366 g/mol. The monoisotopic (exact) mass is 385 g/mol. The second-order valence-corrected chi connectivity index (χ2v) is 5.87. The predicted molar refractivity (Wildman–Crippen MR) is 101 cm³/mol. The van der Waals surface area contributed by atoms with Crippen molar-refractivity contribution in [2.24, 2.45) is 0 Å². The third-order valence-corrected chi connectivity index (χ3v) is 3.89. The number of carbonyl (C=O) groups is 3. The topological polar surface area (TPSA) is 128 Å². The summed E-state index contributed by atoms with van der Waals surface area (Å²) in [6, 6.07) is 11.1. The Bertz CT molecular complexity index is 912. The molecule has 0 fully saturated rings. The van der Waals surface area contributed by atoms with E-state index in [0.29, 0.717) is 0 Å². The van der Waals surface area contributed by atoms with E-state index >= 15 is 0 Å². The first-order valence-electron chi connectivity index (χ1n) is 8.31. The van der Waals surface area contributed by atoms with Crippen LogP contribution in [0, 0.1) is 10.1 Å². The van der Waals surface area contributed by atoms with Gasteiger partial charge in [-0.3, -0.25) is 19.7 Å². The normalized spacial score (nSPS) is 11.2. The molecule has 0 saturated heterocycles. The SMILES string of the molecule is COC(=O)[C@@H](Cc1ccccc1[N+](=O)[O-])NC(=O)c1ccccc1NC(C)=O. The Labute approximate surface area is 160 Å². The average molecular weight is 385 g/mol. The first kappa shape index (κ1) is 20.6. The molecule has 0 aromatic heterocycles. The average Bonchev–Trinajstić information content (AvgIpc) is 2.67. The highest BCUT2D eigenvalue weighted by Gasteiger charge is 2.26. The van der Waals surface area contributed by atoms with Crippen molar-refractivity contribution in [3.8, 4) is 0 Å². The number of nitro benzene ring substituents is 1. The minimum Gasteiger partial charge on any atom is -0.467 e. The lowest BCUT2D eigenvalue weighted by Crippen LogP contribution is -2.43. The van der Waals surface area contributed by atoms with Crippen LogP contribution in [0.15, 0.2) is 48.5 Å². The number of nitro groups is 1. The Hall–Kier alpha value is -3.75. The van der Waals surface area contributed by atoms with Gasteiger partial charge in [-0.2, -0.15) is 0 Å². The second-order valence-electron chi connectivity index (χ2n) is 5.87. The fourth-order valence-electron chi connectivity index (χ4n) is 2.63. The number of anilines is 1. The standard InChI is InChI=1S/C19H19N3O6/c1-12(23)20-15-9-5-4-8-14(15)18(24)21-16(19(25)28-2)11-13-7-3-6-10-17(13)22(26)27/h3-10,16H,11H2,1-2H3,(H,20,23)(H,21,24)/t16-/m1/s1. The van der Waals surface area contributed by atoms with Crippen molar-refractivity contribution in [2.75, 3.05) is 12.4 Å². The fraction of sp³-hybridized carbons (Fsp3) is 0.211. The van der Waals surface area contributed by atoms with E-state index in [2.05, 4.69) is 10.6 Å². The minimum absolute atomic E-state index is 0.127. The number of amides is 2. The van der Waals surface area contributed by atoms with Gasteiger partial charge in [0.15, 0.2) is 0 Å². The molecule has 2 rings (SSSR count). The molecule has 2 N–H and O–H groups in total. The fourth-order valence-corrected chi connectivity index (χ4v) is 2.63. The Morgan fingerprint density at radius 3 is 2.39 bits per heavy atom. The summed E-state index contributed by atoms with van der Waals surface area (Å²) in [5.74, 6) is -1.73. The van der Waals surface area contributed by atoms with Crippen molar-refractivity contribution < 1.29 is 24.0 Å². The summed E-state index contributed by atoms with van der Waals surface area (Å²) in [6.45, 7) is 1.31. The van der Waals surface area contributed by atoms with E-state index in [0.717, 1.165) is 7.11 Å². The molecule has 0 spiro atoms. The molecule has 9 nitrogen and oxygen atoms in total. The van der Waals surface area contributed by atoms with Gasteiger partial charge in [-0.1, -0.05) is 30.3 Å². The molecule has 0 saturated carbocycles. The number of hydrogen-bond donors (Lipinski definition) is 2. The lowest BCUT2D eigenvalue weighted by Gasteiger charge is -2.18. The van der Waals surface area contributed by atoms with Crippen molar-refractivity contribution in [1.82, 2.24) is 5.32 Å². The van der Waals surface area contributed by atoms with E-state index < -0.39 is 22.8 Å². The lowest BCUT2D eigenvalue weighted by atomic mass is 10.0. The Morgan fingerprint density at radius 2 is 1.75 bits per heavy atom. The van der Waals surface area contributed by atoms with Crippen molar-refractivity contribution in [2.45, 2.75) is 19.4 Å². The molecule has 146 valence electrons. The third kappa shape index (κ3) is 5.13. The summed E-state index contributed by atoms with van der Waals surface area (Å²) < 4.78 is 4.72. The molecule has 2 aromatic rings. The number of para-hydroxylation sites is 2. The summed E-state index contributed by atoms with van der Waals surface area (Å²) in [6.07, 6.45) is -0.127. The quantitative estimate of drug-likeness (QED) is 0.427. The largest absolute Gasteiger partial charge is 0.467 e. The second kappa shape index (κ2) is 9.26. The zero-order valence-electron chi connectivity index (χ0n) is 15.3. The first-order chi connectivity index (χ1) is 13.3. The highest BCUT2D eigenvalue weighted by Crippen LogP contribution is 2.20. The van der Waals surface area contributed by atoms with Crippen LogP contribution in [0.5, 0.6) is 0 Å². The summed E-state index contributed by atoms with van der Waals surface area (Å²) in [4.78, 5) is 46.8. The van der Waals surface area contributed by atoms with E-state index in [4.69, 9.17) is 4.74 Å². The van der Waals surface area contributed by atoms with Crippen LogP contribution in [0.1, 0.15) is 22.8 Å². The molecule has 28 heavy (non-hydrogen) atoms. The van der Waals surface area contributed by atoms with Gasteiger partial charge in [-0.15, -0.1) is 0 Å². The highest BCUT2D eigenvalue weighted by atomic mass is 16.6. The van der Waals surface area contributed by atoms with Gasteiger partial charge in [0.25, 0.3) is 11.6 Å². The highest BCUT2D eigenvalue weighted by molar-refractivity contribution is 6.04. The Kier molecular flexibility index (Phi) is 6.80. The number of methoxy groups -OCH3 is 1. The third-order valence-electron chi connectivity index (χ3n) is 3.89. The predicted octanol–water partition coefficient (Wildman–Crippen LogP) is 2.07. The number of rotatable bonds is 7. The van der Waals surface area contributed by atoms with Gasteiger partial charge in [0, 0.05) is 25.0 Å². The molecule has 2 amide bonds. The molecule has 0 unspecified atom stereocenters. The maximum atomic E-state index is 12.7. The van der Waals surface area contributed by atoms with Crippen LogP contribution in [-0.2, 0) is 20.7 Å². The van der Waals surface area contributed by atoms with Gasteiger partial charge in [-0.25, -0.2) is 4.79 Å². The number of nitrogens with zero attached hydrogens (tertiary/aromatic N) is 1. The van der Waals surface area contributed by atoms with E-state index in [1.54, 1.807) is 24.3 Å². The number of esters is 1.